The summed E-state index contributed by atoms with van der Waals surface area (Å²) in [6.45, 7) is 0. The lowest BCUT2D eigenvalue weighted by molar-refractivity contribution is -0.139. The second-order valence-electron chi connectivity index (χ2n) is 5.20. The van der Waals surface area contributed by atoms with Crippen molar-refractivity contribution in [3.63, 3.8) is 0 Å². The quantitative estimate of drug-likeness (QED) is 0.632. The number of rotatable bonds is 6. The smallest absolute Gasteiger partial charge is 0.326 e. The molecule has 0 spiro atoms. The van der Waals surface area contributed by atoms with Crippen molar-refractivity contribution in [1.29, 1.82) is 0 Å². The molecule has 2 aromatic carbocycles. The Morgan fingerprint density at radius 3 is 2.36 bits per heavy atom. The van der Waals surface area contributed by atoms with Gasteiger partial charge in [-0.1, -0.05) is 49.5 Å². The van der Waals surface area contributed by atoms with Gasteiger partial charge in [-0.15, -0.1) is 0 Å². The maximum atomic E-state index is 12.4. The van der Waals surface area contributed by atoms with Crippen LogP contribution in [0.1, 0.15) is 15.9 Å². The number of aliphatic carboxylic acids is 1. The van der Waals surface area contributed by atoms with Gasteiger partial charge in [0.15, 0.2) is 0 Å². The molecule has 25 heavy (non-hydrogen) atoms. The van der Waals surface area contributed by atoms with Crippen molar-refractivity contribution in [2.45, 2.75) is 12.5 Å². The van der Waals surface area contributed by atoms with E-state index in [4.69, 9.17) is 16.3 Å². The first kappa shape index (κ1) is 19.8. The predicted octanol–water partition coefficient (Wildman–Crippen LogP) is 4.30. The lowest BCUT2D eigenvalue weighted by Gasteiger charge is -2.15. The normalized spacial score (nSPS) is 11.7. The summed E-state index contributed by atoms with van der Waals surface area (Å²) in [5, 5.41) is 12.3. The van der Waals surface area contributed by atoms with Gasteiger partial charge in [-0.05, 0) is 35.9 Å². The number of carbonyl (C=O) groups is 2. The van der Waals surface area contributed by atoms with E-state index in [2.05, 4.69) is 37.2 Å². The van der Waals surface area contributed by atoms with Crippen LogP contribution in [0, 0.1) is 0 Å². The van der Waals surface area contributed by atoms with Crippen LogP contribution in [0.25, 0.3) is 0 Å². The topological polar surface area (TPSA) is 75.6 Å². The molecule has 1 amide bonds. The van der Waals surface area contributed by atoms with Crippen LogP contribution in [0.15, 0.2) is 45.3 Å². The molecule has 0 aromatic heterocycles. The van der Waals surface area contributed by atoms with E-state index < -0.39 is 17.9 Å². The monoisotopic (exact) mass is 489 g/mol. The highest BCUT2D eigenvalue weighted by Gasteiger charge is 2.22. The van der Waals surface area contributed by atoms with E-state index in [9.17, 15) is 14.7 Å². The summed E-state index contributed by atoms with van der Waals surface area (Å²) in [5.74, 6) is -1.11. The zero-order valence-corrected chi connectivity index (χ0v) is 17.0. The van der Waals surface area contributed by atoms with Crippen LogP contribution < -0.4 is 10.1 Å². The average Bonchev–Trinajstić information content (AvgIpc) is 2.53. The van der Waals surface area contributed by atoms with Gasteiger partial charge in [0, 0.05) is 20.9 Å². The minimum absolute atomic E-state index is 0.0972. The molecule has 8 heteroatoms. The molecule has 132 valence electrons. The summed E-state index contributed by atoms with van der Waals surface area (Å²) >= 11 is 12.7. The van der Waals surface area contributed by atoms with E-state index in [1.165, 1.54) is 7.11 Å². The number of carboxylic acids is 1. The van der Waals surface area contributed by atoms with Gasteiger partial charge in [0.2, 0.25) is 0 Å². The molecule has 0 radical (unpaired) electrons. The number of hydrogen-bond donors (Lipinski definition) is 2. The number of ether oxygens (including phenoxy) is 1. The third-order valence-electron chi connectivity index (χ3n) is 3.38. The van der Waals surface area contributed by atoms with E-state index >= 15 is 0 Å². The lowest BCUT2D eigenvalue weighted by atomic mass is 10.1. The Balaban J connectivity index is 2.16. The first-order chi connectivity index (χ1) is 11.8. The Kier molecular flexibility index (Phi) is 6.87. The van der Waals surface area contributed by atoms with E-state index in [0.717, 1.165) is 0 Å². The standard InChI is InChI=1S/C17H14Br2ClNO4/c1-25-15-3-2-9(4-13(15)20)5-14(17(23)24)21-16(22)10-6-11(18)8-12(19)7-10/h2-4,6-8,14H,5H2,1H3,(H,21,22)(H,23,24)/t14-/m0/s1. The number of amides is 1. The largest absolute Gasteiger partial charge is 0.495 e. The number of benzene rings is 2. The Hall–Kier alpha value is -1.57. The van der Waals surface area contributed by atoms with Gasteiger partial charge in [0.1, 0.15) is 11.8 Å². The van der Waals surface area contributed by atoms with Gasteiger partial charge in [0.05, 0.1) is 12.1 Å². The van der Waals surface area contributed by atoms with Gasteiger partial charge in [-0.2, -0.15) is 0 Å². The van der Waals surface area contributed by atoms with Crippen LogP contribution in [0.2, 0.25) is 5.02 Å². The molecule has 0 aliphatic rings. The van der Waals surface area contributed by atoms with Crippen LogP contribution in [-0.2, 0) is 11.2 Å². The van der Waals surface area contributed by atoms with Gasteiger partial charge in [-0.25, -0.2) is 4.79 Å². The lowest BCUT2D eigenvalue weighted by Crippen LogP contribution is -2.42. The van der Waals surface area contributed by atoms with E-state index in [-0.39, 0.29) is 6.42 Å². The van der Waals surface area contributed by atoms with Crippen molar-refractivity contribution in [3.05, 3.63) is 61.5 Å². The molecule has 0 unspecified atom stereocenters. The SMILES string of the molecule is COc1ccc(C[C@H](NC(=O)c2cc(Br)cc(Br)c2)C(=O)O)cc1Cl. The fourth-order valence-electron chi connectivity index (χ4n) is 2.20. The third-order valence-corrected chi connectivity index (χ3v) is 4.60. The van der Waals surface area contributed by atoms with Gasteiger partial charge in [0.25, 0.3) is 5.91 Å². The first-order valence-electron chi connectivity index (χ1n) is 7.12. The number of hydrogen-bond acceptors (Lipinski definition) is 3. The van der Waals surface area contributed by atoms with Crippen LogP contribution in [-0.4, -0.2) is 30.1 Å². The van der Waals surface area contributed by atoms with E-state index in [0.29, 0.717) is 30.8 Å². The predicted molar refractivity (Wildman–Crippen MR) is 102 cm³/mol. The molecular weight excluding hydrogens is 477 g/mol. The van der Waals surface area contributed by atoms with E-state index in [1.807, 2.05) is 0 Å². The highest BCUT2D eigenvalue weighted by molar-refractivity contribution is 9.11. The van der Waals surface area contributed by atoms with Gasteiger partial charge >= 0.3 is 5.97 Å². The molecule has 2 aromatic rings. The molecule has 1 atom stereocenters. The van der Waals surface area contributed by atoms with Gasteiger partial charge in [-0.3, -0.25) is 4.79 Å². The van der Waals surface area contributed by atoms with Crippen molar-refractivity contribution in [1.82, 2.24) is 5.32 Å². The van der Waals surface area contributed by atoms with Crippen molar-refractivity contribution >= 4 is 55.3 Å². The van der Waals surface area contributed by atoms with Crippen LogP contribution in [0.4, 0.5) is 0 Å². The molecule has 0 saturated heterocycles. The van der Waals surface area contributed by atoms with Crippen molar-refractivity contribution in [3.8, 4) is 5.75 Å². The maximum absolute atomic E-state index is 12.4. The fraction of sp³-hybridized carbons (Fsp3) is 0.176. The highest BCUT2D eigenvalue weighted by Crippen LogP contribution is 2.25. The molecule has 2 rings (SSSR count). The number of carbonyl (C=O) groups excluding carboxylic acids is 1. The molecular formula is C17H14Br2ClNO4. The van der Waals surface area contributed by atoms with Crippen molar-refractivity contribution in [2.24, 2.45) is 0 Å². The summed E-state index contributed by atoms with van der Waals surface area (Å²) in [4.78, 5) is 23.9. The second-order valence-corrected chi connectivity index (χ2v) is 7.43. The summed E-state index contributed by atoms with van der Waals surface area (Å²) in [7, 11) is 1.50. The molecule has 0 heterocycles. The Labute approximate surface area is 166 Å². The molecule has 0 aliphatic heterocycles. The summed E-state index contributed by atoms with van der Waals surface area (Å²) in [6.07, 6.45) is 0.0972. The second kappa shape index (κ2) is 8.69. The zero-order valence-electron chi connectivity index (χ0n) is 13.1. The molecule has 0 saturated carbocycles. The molecule has 0 bridgehead atoms. The number of methoxy groups -OCH3 is 1. The fourth-order valence-corrected chi connectivity index (χ4v) is 3.77. The van der Waals surface area contributed by atoms with Crippen molar-refractivity contribution < 1.29 is 19.4 Å². The minimum Gasteiger partial charge on any atom is -0.495 e. The Morgan fingerprint density at radius 2 is 1.84 bits per heavy atom. The summed E-state index contributed by atoms with van der Waals surface area (Å²) in [5.41, 5.74) is 1.02. The van der Waals surface area contributed by atoms with Gasteiger partial charge < -0.3 is 15.2 Å². The van der Waals surface area contributed by atoms with Crippen LogP contribution >= 0.6 is 43.5 Å². The average molecular weight is 492 g/mol. The third kappa shape index (κ3) is 5.45. The Bertz CT molecular complexity index is 793. The van der Waals surface area contributed by atoms with E-state index in [1.54, 1.807) is 36.4 Å². The highest BCUT2D eigenvalue weighted by atomic mass is 79.9. The molecule has 5 nitrogen and oxygen atoms in total. The molecule has 2 N–H and O–H groups in total. The van der Waals surface area contributed by atoms with Crippen molar-refractivity contribution in [2.75, 3.05) is 7.11 Å². The summed E-state index contributed by atoms with van der Waals surface area (Å²) < 4.78 is 6.49. The zero-order chi connectivity index (χ0) is 18.6. The maximum Gasteiger partial charge on any atom is 0.326 e. The van der Waals surface area contributed by atoms with Crippen LogP contribution in [0.3, 0.4) is 0 Å². The molecule has 0 aliphatic carbocycles. The minimum atomic E-state index is -1.13. The number of halogens is 3. The number of nitrogens with one attached hydrogen (secondary N) is 1. The first-order valence-corrected chi connectivity index (χ1v) is 9.08. The Morgan fingerprint density at radius 1 is 1.20 bits per heavy atom. The number of carboxylic acid groups (broad SMARTS) is 1. The summed E-state index contributed by atoms with van der Waals surface area (Å²) in [6, 6.07) is 8.91. The molecule has 0 fully saturated rings. The van der Waals surface area contributed by atoms with Crippen LogP contribution in [0.5, 0.6) is 5.75 Å².